The number of rotatable bonds is 3. The van der Waals surface area contributed by atoms with Gasteiger partial charge in [-0.15, -0.1) is 0 Å². The molecule has 6 heavy (non-hydrogen) atoms. The van der Waals surface area contributed by atoms with Gasteiger partial charge >= 0.3 is 0 Å². The van der Waals surface area contributed by atoms with Crippen LogP contribution in [0, 0.1) is 0 Å². The number of thioether (sulfide) groups is 1. The van der Waals surface area contributed by atoms with Crippen LogP contribution < -0.4 is 0 Å². The molecule has 0 unspecified atom stereocenters. The molecule has 0 fully saturated rings. The second kappa shape index (κ2) is 5.41. The summed E-state index contributed by atoms with van der Waals surface area (Å²) < 4.78 is 0. The molecular formula is C4H9BS. The van der Waals surface area contributed by atoms with E-state index in [4.69, 9.17) is 7.85 Å². The Labute approximate surface area is 45.1 Å². The Hall–Kier alpha value is 0.415. The van der Waals surface area contributed by atoms with E-state index in [-0.39, 0.29) is 0 Å². The average molecular weight is 100.0 g/mol. The summed E-state index contributed by atoms with van der Waals surface area (Å²) in [4.78, 5) is 0. The van der Waals surface area contributed by atoms with E-state index >= 15 is 0 Å². The van der Waals surface area contributed by atoms with Crippen LogP contribution in [-0.4, -0.2) is 19.4 Å². The van der Waals surface area contributed by atoms with E-state index in [0.717, 1.165) is 12.1 Å². The van der Waals surface area contributed by atoms with Crippen molar-refractivity contribution in [1.29, 1.82) is 0 Å². The molecule has 0 bridgehead atoms. The van der Waals surface area contributed by atoms with Gasteiger partial charge < -0.3 is 0 Å². The van der Waals surface area contributed by atoms with Gasteiger partial charge in [0, 0.05) is 0 Å². The van der Waals surface area contributed by atoms with E-state index in [1.807, 2.05) is 11.8 Å². The van der Waals surface area contributed by atoms with Crippen molar-refractivity contribution in [3.8, 4) is 0 Å². The Balaban J connectivity index is 2.34. The van der Waals surface area contributed by atoms with Gasteiger partial charge in [0.15, 0.2) is 0 Å². The van der Waals surface area contributed by atoms with Crippen molar-refractivity contribution in [3.05, 3.63) is 0 Å². The molecule has 0 amide bonds. The Morgan fingerprint density at radius 3 is 2.50 bits per heavy atom. The summed E-state index contributed by atoms with van der Waals surface area (Å²) in [6.45, 7) is 2.14. The fourth-order valence-electron chi connectivity index (χ4n) is 0.228. The second-order valence-corrected chi connectivity index (χ2v) is 2.38. The first-order chi connectivity index (χ1) is 2.91. The zero-order chi connectivity index (χ0) is 4.83. The molecule has 0 atom stereocenters. The van der Waals surface area contributed by atoms with Crippen LogP contribution in [0.25, 0.3) is 0 Å². The molecule has 2 radical (unpaired) electrons. The average Bonchev–Trinajstić information content (AvgIpc) is 1.61. The highest BCUT2D eigenvalue weighted by molar-refractivity contribution is 7.99. The van der Waals surface area contributed by atoms with Crippen LogP contribution in [0.5, 0.6) is 0 Å². The van der Waals surface area contributed by atoms with Crippen LogP contribution in [0.4, 0.5) is 0 Å². The molecule has 0 saturated carbocycles. The van der Waals surface area contributed by atoms with Gasteiger partial charge in [-0.3, -0.25) is 0 Å². The van der Waals surface area contributed by atoms with Crippen molar-refractivity contribution in [2.75, 3.05) is 11.5 Å². The Kier molecular flexibility index (Phi) is 5.79. The molecule has 0 aromatic rings. The van der Waals surface area contributed by atoms with Crippen molar-refractivity contribution >= 4 is 19.6 Å². The van der Waals surface area contributed by atoms with E-state index in [9.17, 15) is 0 Å². The maximum absolute atomic E-state index is 5.19. The van der Waals surface area contributed by atoms with Crippen LogP contribution in [0.15, 0.2) is 0 Å². The van der Waals surface area contributed by atoms with Crippen LogP contribution in [0.3, 0.4) is 0 Å². The number of hydrogen-bond donors (Lipinski definition) is 0. The highest BCUT2D eigenvalue weighted by Crippen LogP contribution is 1.97. The molecule has 0 aliphatic heterocycles. The Morgan fingerprint density at radius 1 is 1.67 bits per heavy atom. The largest absolute Gasteiger partial charge is 0.163 e. The lowest BCUT2D eigenvalue weighted by Gasteiger charge is -1.87. The summed E-state index contributed by atoms with van der Waals surface area (Å²) in [6.07, 6.45) is 0.818. The van der Waals surface area contributed by atoms with Crippen LogP contribution in [0.1, 0.15) is 6.92 Å². The zero-order valence-electron chi connectivity index (χ0n) is 4.11. The van der Waals surface area contributed by atoms with Crippen LogP contribution >= 0.6 is 11.8 Å². The zero-order valence-corrected chi connectivity index (χ0v) is 4.92. The Bertz CT molecular complexity index is 19.5. The SMILES string of the molecule is [B]CCSCC. The van der Waals surface area contributed by atoms with Crippen molar-refractivity contribution < 1.29 is 0 Å². The molecule has 0 heterocycles. The molecule has 0 N–H and O–H groups in total. The topological polar surface area (TPSA) is 0 Å². The van der Waals surface area contributed by atoms with E-state index in [0.29, 0.717) is 0 Å². The van der Waals surface area contributed by atoms with Gasteiger partial charge in [0.05, 0.1) is 7.85 Å². The molecule has 0 aliphatic rings. The standard InChI is InChI=1S/C4H9BS/c1-2-6-4-3-5/h2-4H2,1H3. The Morgan fingerprint density at radius 2 is 2.33 bits per heavy atom. The lowest BCUT2D eigenvalue weighted by atomic mass is 10.1. The lowest BCUT2D eigenvalue weighted by Crippen LogP contribution is -1.74. The molecule has 0 aromatic carbocycles. The van der Waals surface area contributed by atoms with Crippen molar-refractivity contribution in [3.63, 3.8) is 0 Å². The van der Waals surface area contributed by atoms with Crippen molar-refractivity contribution in [2.45, 2.75) is 13.2 Å². The summed E-state index contributed by atoms with van der Waals surface area (Å²) in [7, 11) is 5.19. The third kappa shape index (κ3) is 4.41. The first kappa shape index (κ1) is 6.41. The summed E-state index contributed by atoms with van der Waals surface area (Å²) in [6, 6.07) is 0. The maximum Gasteiger partial charge on any atom is 0.0664 e. The smallest absolute Gasteiger partial charge is 0.0664 e. The molecule has 0 spiro atoms. The summed E-state index contributed by atoms with van der Waals surface area (Å²) in [5.41, 5.74) is 0. The minimum atomic E-state index is 0.818. The summed E-state index contributed by atoms with van der Waals surface area (Å²) in [5.74, 6) is 2.30. The first-order valence-corrected chi connectivity index (χ1v) is 3.35. The van der Waals surface area contributed by atoms with E-state index in [1.165, 1.54) is 5.75 Å². The van der Waals surface area contributed by atoms with Gasteiger partial charge in [0.2, 0.25) is 0 Å². The fourth-order valence-corrected chi connectivity index (χ4v) is 0.683. The molecule has 0 aromatic heterocycles. The van der Waals surface area contributed by atoms with Gasteiger partial charge in [-0.2, -0.15) is 11.8 Å². The van der Waals surface area contributed by atoms with Crippen LogP contribution in [-0.2, 0) is 0 Å². The fraction of sp³-hybridized carbons (Fsp3) is 1.00. The monoisotopic (exact) mass is 100 g/mol. The van der Waals surface area contributed by atoms with Gasteiger partial charge in [-0.25, -0.2) is 0 Å². The van der Waals surface area contributed by atoms with Crippen molar-refractivity contribution in [2.24, 2.45) is 0 Å². The summed E-state index contributed by atoms with van der Waals surface area (Å²) in [5, 5.41) is 0. The maximum atomic E-state index is 5.19. The molecule has 0 saturated heterocycles. The molecule has 0 rings (SSSR count). The normalized spacial score (nSPS) is 8.83. The number of hydrogen-bond acceptors (Lipinski definition) is 1. The highest BCUT2D eigenvalue weighted by Gasteiger charge is 1.74. The quantitative estimate of drug-likeness (QED) is 0.380. The van der Waals surface area contributed by atoms with E-state index in [2.05, 4.69) is 6.92 Å². The van der Waals surface area contributed by atoms with Gasteiger partial charge in [-0.05, 0) is 11.5 Å². The van der Waals surface area contributed by atoms with E-state index < -0.39 is 0 Å². The lowest BCUT2D eigenvalue weighted by molar-refractivity contribution is 1.45. The molecule has 0 aliphatic carbocycles. The predicted molar refractivity (Wildman–Crippen MR) is 33.6 cm³/mol. The van der Waals surface area contributed by atoms with Gasteiger partial charge in [0.25, 0.3) is 0 Å². The minimum absolute atomic E-state index is 0.818. The van der Waals surface area contributed by atoms with E-state index in [1.54, 1.807) is 0 Å². The molecular weight excluding hydrogens is 90.9 g/mol. The van der Waals surface area contributed by atoms with Crippen molar-refractivity contribution in [1.82, 2.24) is 0 Å². The van der Waals surface area contributed by atoms with Crippen LogP contribution in [0.2, 0.25) is 6.32 Å². The second-order valence-electron chi connectivity index (χ2n) is 0.986. The van der Waals surface area contributed by atoms with Gasteiger partial charge in [0.1, 0.15) is 0 Å². The van der Waals surface area contributed by atoms with Gasteiger partial charge in [-0.1, -0.05) is 13.2 Å². The minimum Gasteiger partial charge on any atom is -0.163 e. The molecule has 0 nitrogen and oxygen atoms in total. The third-order valence-electron chi connectivity index (χ3n) is 0.466. The first-order valence-electron chi connectivity index (χ1n) is 2.19. The highest BCUT2D eigenvalue weighted by atomic mass is 32.2. The molecule has 2 heteroatoms. The third-order valence-corrected chi connectivity index (χ3v) is 1.40. The molecule has 34 valence electrons. The summed E-state index contributed by atoms with van der Waals surface area (Å²) >= 11 is 1.88. The predicted octanol–water partition coefficient (Wildman–Crippen LogP) is 1.33.